The minimum absolute atomic E-state index is 0.0498. The molecule has 1 amide bonds. The second-order valence-corrected chi connectivity index (χ2v) is 5.06. The number of nitrogens with one attached hydrogen (secondary N) is 1. The van der Waals surface area contributed by atoms with Gasteiger partial charge in [0.15, 0.2) is 0 Å². The first-order valence-corrected chi connectivity index (χ1v) is 7.03. The lowest BCUT2D eigenvalue weighted by molar-refractivity contribution is -0.138. The summed E-state index contributed by atoms with van der Waals surface area (Å²) in [6.07, 6.45) is -3.27. The number of rotatable bonds is 5. The van der Waals surface area contributed by atoms with Gasteiger partial charge in [0.2, 0.25) is 5.91 Å². The molecule has 0 saturated carbocycles. The van der Waals surface area contributed by atoms with Crippen LogP contribution in [-0.4, -0.2) is 20.9 Å². The smallest absolute Gasteiger partial charge is 0.349 e. The van der Waals surface area contributed by atoms with E-state index in [2.05, 4.69) is 15.6 Å². The van der Waals surface area contributed by atoms with Crippen LogP contribution < -0.4 is 5.32 Å². The maximum Gasteiger partial charge on any atom is 0.416 e. The van der Waals surface area contributed by atoms with Crippen molar-refractivity contribution in [2.24, 2.45) is 0 Å². The van der Waals surface area contributed by atoms with Gasteiger partial charge in [0.1, 0.15) is 12.1 Å². The molecule has 9 heteroatoms. The number of amides is 1. The lowest BCUT2D eigenvalue weighted by Gasteiger charge is -2.18. The molecule has 24 heavy (non-hydrogen) atoms. The number of benzene rings is 1. The third-order valence-corrected chi connectivity index (χ3v) is 3.38. The zero-order valence-electron chi connectivity index (χ0n) is 12.7. The fraction of sp³-hybridized carbons (Fsp3) is 0.333. The SMILES string of the molecule is CC(c1ccccc1C(F)(F)F)n1cc(CNC(=O)CC#N)nn1. The van der Waals surface area contributed by atoms with Gasteiger partial charge in [0.25, 0.3) is 0 Å². The Bertz CT molecular complexity index is 763. The molecule has 0 aliphatic carbocycles. The van der Waals surface area contributed by atoms with Crippen LogP contribution in [0.25, 0.3) is 0 Å². The van der Waals surface area contributed by atoms with Crippen LogP contribution in [0.2, 0.25) is 0 Å². The molecule has 0 fully saturated rings. The van der Waals surface area contributed by atoms with Crippen molar-refractivity contribution in [2.75, 3.05) is 0 Å². The molecule has 1 unspecified atom stereocenters. The quantitative estimate of drug-likeness (QED) is 0.908. The predicted octanol–water partition coefficient (Wildman–Crippen LogP) is 2.44. The molecule has 126 valence electrons. The Morgan fingerprint density at radius 1 is 1.42 bits per heavy atom. The average Bonchev–Trinajstić information content (AvgIpc) is 3.01. The van der Waals surface area contributed by atoms with E-state index >= 15 is 0 Å². The maximum absolute atomic E-state index is 13.1. The van der Waals surface area contributed by atoms with Crippen molar-refractivity contribution in [1.82, 2.24) is 20.3 Å². The number of hydrogen-bond acceptors (Lipinski definition) is 4. The van der Waals surface area contributed by atoms with Crippen molar-refractivity contribution >= 4 is 5.91 Å². The highest BCUT2D eigenvalue weighted by Gasteiger charge is 2.34. The van der Waals surface area contributed by atoms with E-state index in [-0.39, 0.29) is 18.5 Å². The fourth-order valence-electron chi connectivity index (χ4n) is 2.17. The highest BCUT2D eigenvalue weighted by Crippen LogP contribution is 2.35. The van der Waals surface area contributed by atoms with E-state index < -0.39 is 23.7 Å². The van der Waals surface area contributed by atoms with Gasteiger partial charge < -0.3 is 5.32 Å². The van der Waals surface area contributed by atoms with Crippen LogP contribution in [0.4, 0.5) is 13.2 Å². The van der Waals surface area contributed by atoms with Crippen molar-refractivity contribution in [2.45, 2.75) is 32.1 Å². The maximum atomic E-state index is 13.1. The van der Waals surface area contributed by atoms with E-state index in [1.165, 1.54) is 29.1 Å². The van der Waals surface area contributed by atoms with Crippen LogP contribution in [0.15, 0.2) is 30.5 Å². The summed E-state index contributed by atoms with van der Waals surface area (Å²) in [6, 6.07) is 6.30. The Morgan fingerprint density at radius 3 is 2.79 bits per heavy atom. The van der Waals surface area contributed by atoms with E-state index in [0.717, 1.165) is 6.07 Å². The first-order chi connectivity index (χ1) is 11.3. The molecule has 0 aliphatic heterocycles. The van der Waals surface area contributed by atoms with Gasteiger partial charge >= 0.3 is 6.18 Å². The average molecular weight is 337 g/mol. The number of hydrogen-bond donors (Lipinski definition) is 1. The third kappa shape index (κ3) is 4.10. The molecule has 1 N–H and O–H groups in total. The summed E-state index contributed by atoms with van der Waals surface area (Å²) < 4.78 is 40.6. The molecule has 1 aromatic carbocycles. The highest BCUT2D eigenvalue weighted by molar-refractivity contribution is 5.77. The monoisotopic (exact) mass is 337 g/mol. The summed E-state index contributed by atoms with van der Waals surface area (Å²) in [6.45, 7) is 1.63. The topological polar surface area (TPSA) is 83.6 Å². The van der Waals surface area contributed by atoms with Crippen LogP contribution in [-0.2, 0) is 17.5 Å². The zero-order chi connectivity index (χ0) is 17.7. The lowest BCUT2D eigenvalue weighted by atomic mass is 10.0. The standard InChI is InChI=1S/C15H14F3N5O/c1-10(12-4-2-3-5-13(12)15(16,17)18)23-9-11(21-22-23)8-20-14(24)6-7-19/h2-5,9-10H,6,8H2,1H3,(H,20,24). The fourth-order valence-corrected chi connectivity index (χ4v) is 2.17. The third-order valence-electron chi connectivity index (χ3n) is 3.38. The molecule has 0 saturated heterocycles. The van der Waals surface area contributed by atoms with E-state index in [4.69, 9.17) is 5.26 Å². The minimum atomic E-state index is -4.46. The zero-order valence-corrected chi connectivity index (χ0v) is 12.7. The number of nitriles is 1. The Labute approximate surface area is 135 Å². The van der Waals surface area contributed by atoms with E-state index in [1.54, 1.807) is 13.0 Å². The molecule has 1 atom stereocenters. The number of carbonyl (C=O) groups is 1. The second kappa shape index (κ2) is 7.12. The van der Waals surface area contributed by atoms with Crippen LogP contribution in [0.3, 0.4) is 0 Å². The summed E-state index contributed by atoms with van der Waals surface area (Å²) in [5, 5.41) is 18.5. The van der Waals surface area contributed by atoms with Crippen molar-refractivity contribution in [3.63, 3.8) is 0 Å². The number of nitrogens with zero attached hydrogens (tertiary/aromatic N) is 4. The van der Waals surface area contributed by atoms with Crippen molar-refractivity contribution < 1.29 is 18.0 Å². The molecular formula is C15H14F3N5O. The first-order valence-electron chi connectivity index (χ1n) is 7.03. The number of carbonyl (C=O) groups excluding carboxylic acids is 1. The van der Waals surface area contributed by atoms with Crippen LogP contribution in [0, 0.1) is 11.3 Å². The van der Waals surface area contributed by atoms with Crippen molar-refractivity contribution in [3.05, 3.63) is 47.3 Å². The summed E-state index contributed by atoms with van der Waals surface area (Å²) in [4.78, 5) is 11.2. The molecule has 2 aromatic rings. The molecule has 0 radical (unpaired) electrons. The van der Waals surface area contributed by atoms with Crippen LogP contribution in [0.1, 0.15) is 36.2 Å². The van der Waals surface area contributed by atoms with E-state index in [9.17, 15) is 18.0 Å². The molecule has 1 heterocycles. The van der Waals surface area contributed by atoms with Crippen LogP contribution >= 0.6 is 0 Å². The Hall–Kier alpha value is -2.89. The number of halogens is 3. The molecule has 2 rings (SSSR count). The van der Waals surface area contributed by atoms with E-state index in [1.807, 2.05) is 0 Å². The Kier molecular flexibility index (Phi) is 5.18. The van der Waals surface area contributed by atoms with Crippen molar-refractivity contribution in [1.29, 1.82) is 5.26 Å². The van der Waals surface area contributed by atoms with Gasteiger partial charge in [-0.15, -0.1) is 5.10 Å². The van der Waals surface area contributed by atoms with E-state index in [0.29, 0.717) is 5.69 Å². The van der Waals surface area contributed by atoms with Gasteiger partial charge in [-0.1, -0.05) is 23.4 Å². The van der Waals surface area contributed by atoms with Gasteiger partial charge in [0, 0.05) is 0 Å². The molecular weight excluding hydrogens is 323 g/mol. The van der Waals surface area contributed by atoms with Crippen molar-refractivity contribution in [3.8, 4) is 6.07 Å². The molecule has 0 spiro atoms. The largest absolute Gasteiger partial charge is 0.416 e. The number of aromatic nitrogens is 3. The minimum Gasteiger partial charge on any atom is -0.349 e. The van der Waals surface area contributed by atoms with Crippen LogP contribution in [0.5, 0.6) is 0 Å². The van der Waals surface area contributed by atoms with Gasteiger partial charge in [-0.2, -0.15) is 18.4 Å². The Morgan fingerprint density at radius 2 is 2.12 bits per heavy atom. The first kappa shape index (κ1) is 17.5. The molecule has 0 aliphatic rings. The lowest BCUT2D eigenvalue weighted by Crippen LogP contribution is -2.22. The number of alkyl halides is 3. The predicted molar refractivity (Wildman–Crippen MR) is 77.4 cm³/mol. The molecule has 0 bridgehead atoms. The summed E-state index contributed by atoms with van der Waals surface area (Å²) in [5.74, 6) is -0.456. The highest BCUT2D eigenvalue weighted by atomic mass is 19.4. The summed E-state index contributed by atoms with van der Waals surface area (Å²) >= 11 is 0. The van der Waals surface area contributed by atoms with Gasteiger partial charge in [-0.25, -0.2) is 4.68 Å². The molecule has 6 nitrogen and oxygen atoms in total. The Balaban J connectivity index is 2.16. The summed E-state index contributed by atoms with van der Waals surface area (Å²) in [5.41, 5.74) is -0.260. The molecule has 1 aromatic heterocycles. The normalized spacial score (nSPS) is 12.5. The second-order valence-electron chi connectivity index (χ2n) is 5.06. The van der Waals surface area contributed by atoms with Gasteiger partial charge in [0.05, 0.1) is 30.4 Å². The van der Waals surface area contributed by atoms with Gasteiger partial charge in [-0.05, 0) is 18.6 Å². The summed E-state index contributed by atoms with van der Waals surface area (Å²) in [7, 11) is 0. The van der Waals surface area contributed by atoms with Gasteiger partial charge in [-0.3, -0.25) is 4.79 Å².